The molecule has 0 fully saturated rings. The van der Waals surface area contributed by atoms with Crippen LogP contribution in [0.2, 0.25) is 0 Å². The summed E-state index contributed by atoms with van der Waals surface area (Å²) in [4.78, 5) is 2.56. The number of nitrogens with zero attached hydrogens (tertiary/aromatic N) is 1. The van der Waals surface area contributed by atoms with Gasteiger partial charge in [-0.15, -0.1) is 11.3 Å². The first-order chi connectivity index (χ1) is 33.7. The summed E-state index contributed by atoms with van der Waals surface area (Å²) < 4.78 is 2.65. The van der Waals surface area contributed by atoms with Crippen molar-refractivity contribution in [1.82, 2.24) is 0 Å². The van der Waals surface area contributed by atoms with Crippen LogP contribution in [-0.4, -0.2) is 0 Å². The van der Waals surface area contributed by atoms with Gasteiger partial charge in [0, 0.05) is 48.1 Å². The molecule has 4 aliphatic rings. The van der Waals surface area contributed by atoms with Crippen molar-refractivity contribution in [2.45, 2.75) is 43.9 Å². The van der Waals surface area contributed by atoms with Gasteiger partial charge in [-0.25, -0.2) is 0 Å². The Labute approximate surface area is 407 Å². The molecular formula is C67H47NS. The average Bonchev–Trinajstić information content (AvgIpc) is 4.12. The lowest BCUT2D eigenvalue weighted by Gasteiger charge is -2.33. The quantitative estimate of drug-likeness (QED) is 0.170. The van der Waals surface area contributed by atoms with Crippen molar-refractivity contribution in [3.8, 4) is 55.6 Å². The maximum atomic E-state index is 2.58. The van der Waals surface area contributed by atoms with Crippen LogP contribution in [0.3, 0.4) is 0 Å². The van der Waals surface area contributed by atoms with Crippen LogP contribution in [-0.2, 0) is 16.2 Å². The zero-order valence-electron chi connectivity index (χ0n) is 39.1. The third-order valence-electron chi connectivity index (χ3n) is 16.7. The Morgan fingerprint density at radius 1 is 0.319 bits per heavy atom. The Hall–Kier alpha value is -7.78. The predicted octanol–water partition coefficient (Wildman–Crippen LogP) is 18.1. The molecule has 0 unspecified atom stereocenters. The van der Waals surface area contributed by atoms with E-state index in [1.165, 1.54) is 120 Å². The molecule has 11 aromatic rings. The van der Waals surface area contributed by atoms with Crippen LogP contribution in [0.4, 0.5) is 17.1 Å². The highest BCUT2D eigenvalue weighted by Crippen LogP contribution is 2.66. The number of thiophene rings is 1. The van der Waals surface area contributed by atoms with Crippen molar-refractivity contribution in [3.05, 3.63) is 257 Å². The third kappa shape index (κ3) is 4.99. The molecule has 0 atom stereocenters. The van der Waals surface area contributed by atoms with Crippen molar-refractivity contribution >= 4 is 48.6 Å². The number of anilines is 3. The topological polar surface area (TPSA) is 3.24 Å². The maximum Gasteiger partial charge on any atom is 0.0727 e. The van der Waals surface area contributed by atoms with Crippen molar-refractivity contribution in [2.75, 3.05) is 4.90 Å². The van der Waals surface area contributed by atoms with E-state index in [1.54, 1.807) is 0 Å². The summed E-state index contributed by atoms with van der Waals surface area (Å²) in [6.45, 7) is 9.57. The average molecular weight is 898 g/mol. The minimum Gasteiger partial charge on any atom is -0.310 e. The summed E-state index contributed by atoms with van der Waals surface area (Å²) >= 11 is 1.92. The molecule has 0 saturated carbocycles. The molecule has 0 bridgehead atoms. The van der Waals surface area contributed by atoms with Crippen LogP contribution >= 0.6 is 11.3 Å². The molecule has 15 rings (SSSR count). The van der Waals surface area contributed by atoms with Crippen LogP contribution in [0, 0.1) is 0 Å². The summed E-state index contributed by atoms with van der Waals surface area (Å²) in [6.07, 6.45) is 0. The summed E-state index contributed by atoms with van der Waals surface area (Å²) in [7, 11) is 0. The van der Waals surface area contributed by atoms with Gasteiger partial charge in [0.2, 0.25) is 0 Å². The first-order valence-electron chi connectivity index (χ1n) is 24.4. The lowest BCUT2D eigenvalue weighted by atomic mass is 9.70. The Morgan fingerprint density at radius 3 is 1.32 bits per heavy atom. The minimum absolute atomic E-state index is 0.152. The first-order valence-corrected chi connectivity index (χ1v) is 25.2. The van der Waals surface area contributed by atoms with Crippen molar-refractivity contribution < 1.29 is 0 Å². The van der Waals surface area contributed by atoms with E-state index in [-0.39, 0.29) is 10.8 Å². The lowest BCUT2D eigenvalue weighted by Crippen LogP contribution is -2.26. The molecule has 0 saturated heterocycles. The highest BCUT2D eigenvalue weighted by molar-refractivity contribution is 7.26. The fourth-order valence-electron chi connectivity index (χ4n) is 13.6. The highest BCUT2D eigenvalue weighted by Gasteiger charge is 2.53. The molecule has 0 amide bonds. The second-order valence-corrected chi connectivity index (χ2v) is 21.8. The number of fused-ring (bicyclic) bond motifs is 19. The zero-order valence-corrected chi connectivity index (χ0v) is 39.9. The van der Waals surface area contributed by atoms with Gasteiger partial charge in [-0.05, 0) is 149 Å². The lowest BCUT2D eigenvalue weighted by molar-refractivity contribution is 0.660. The number of hydrogen-bond donors (Lipinski definition) is 0. The van der Waals surface area contributed by atoms with Gasteiger partial charge in [0.1, 0.15) is 0 Å². The molecule has 1 heterocycles. The predicted molar refractivity (Wildman–Crippen MR) is 291 cm³/mol. The van der Waals surface area contributed by atoms with Gasteiger partial charge in [-0.2, -0.15) is 0 Å². The molecule has 2 heteroatoms. The number of rotatable bonds is 4. The zero-order chi connectivity index (χ0) is 46.0. The van der Waals surface area contributed by atoms with Gasteiger partial charge < -0.3 is 4.90 Å². The minimum atomic E-state index is -0.559. The van der Waals surface area contributed by atoms with E-state index < -0.39 is 5.41 Å². The SMILES string of the molecule is CC1(C)c2ccccc2-c2ccc(N(c3ccc4c(c3)C(C)(C)c3ccccc3-4)c3ccc4c(c3)C3(c5ccccc5-c5ccccc53)c3cc5sc6ccccc6c5c(-c5ccccc5)c3-4)cc21. The second-order valence-electron chi connectivity index (χ2n) is 20.7. The van der Waals surface area contributed by atoms with E-state index in [1.807, 2.05) is 11.3 Å². The van der Waals surface area contributed by atoms with Crippen molar-refractivity contribution in [1.29, 1.82) is 0 Å². The van der Waals surface area contributed by atoms with Gasteiger partial charge in [0.15, 0.2) is 0 Å². The molecule has 1 aromatic heterocycles. The van der Waals surface area contributed by atoms with Crippen molar-refractivity contribution in [2.24, 2.45) is 0 Å². The molecule has 0 N–H and O–H groups in total. The summed E-state index contributed by atoms with van der Waals surface area (Å²) in [6, 6.07) is 81.2. The summed E-state index contributed by atoms with van der Waals surface area (Å²) in [5.41, 5.74) is 26.7. The Bertz CT molecular complexity index is 3880. The normalized spacial score (nSPS) is 15.3. The van der Waals surface area contributed by atoms with E-state index >= 15 is 0 Å². The molecule has 0 aliphatic heterocycles. The fraction of sp³-hybridized carbons (Fsp3) is 0.104. The molecule has 0 radical (unpaired) electrons. The largest absolute Gasteiger partial charge is 0.310 e. The monoisotopic (exact) mass is 897 g/mol. The van der Waals surface area contributed by atoms with E-state index in [4.69, 9.17) is 0 Å². The molecule has 1 spiro atoms. The van der Waals surface area contributed by atoms with E-state index in [9.17, 15) is 0 Å². The number of benzene rings is 10. The third-order valence-corrected chi connectivity index (χ3v) is 17.8. The Balaban J connectivity index is 1.05. The fourth-order valence-corrected chi connectivity index (χ4v) is 14.8. The standard InChI is InChI=1S/C67H47NS/c1-65(2)52-25-13-8-20-44(52)48-33-30-41(36-56(48)65)68(42-31-34-49-45-21-9-14-26-53(45)66(3,4)57(49)37-42)43-32-35-50-58(38-43)67(54-27-15-10-22-46(54)47-23-11-16-28-55(47)67)59-39-61-64(51-24-12-17-29-60(51)69-61)62(63(50)59)40-18-6-5-7-19-40/h5-39H,1-4H3. The Kier molecular flexibility index (Phi) is 7.78. The van der Waals surface area contributed by atoms with Crippen LogP contribution in [0.25, 0.3) is 75.8 Å². The molecular weight excluding hydrogens is 851 g/mol. The highest BCUT2D eigenvalue weighted by atomic mass is 32.1. The van der Waals surface area contributed by atoms with Crippen LogP contribution in [0.5, 0.6) is 0 Å². The smallest absolute Gasteiger partial charge is 0.0727 e. The van der Waals surface area contributed by atoms with Gasteiger partial charge in [0.05, 0.1) is 5.41 Å². The van der Waals surface area contributed by atoms with Crippen LogP contribution in [0.15, 0.2) is 212 Å². The van der Waals surface area contributed by atoms with E-state index in [0.29, 0.717) is 0 Å². The summed E-state index contributed by atoms with van der Waals surface area (Å²) in [5, 5.41) is 2.66. The van der Waals surface area contributed by atoms with E-state index in [0.717, 1.165) is 17.1 Å². The first kappa shape index (κ1) is 39.2. The van der Waals surface area contributed by atoms with Crippen LogP contribution < -0.4 is 4.90 Å². The second kappa shape index (κ2) is 13.7. The van der Waals surface area contributed by atoms with Crippen molar-refractivity contribution in [3.63, 3.8) is 0 Å². The number of hydrogen-bond acceptors (Lipinski definition) is 2. The molecule has 326 valence electrons. The Morgan fingerprint density at radius 2 is 0.754 bits per heavy atom. The summed E-state index contributed by atoms with van der Waals surface area (Å²) in [5.74, 6) is 0. The molecule has 69 heavy (non-hydrogen) atoms. The van der Waals surface area contributed by atoms with Gasteiger partial charge in [0.25, 0.3) is 0 Å². The maximum absolute atomic E-state index is 2.58. The van der Waals surface area contributed by atoms with Gasteiger partial charge >= 0.3 is 0 Å². The van der Waals surface area contributed by atoms with Crippen LogP contribution in [0.1, 0.15) is 72.2 Å². The van der Waals surface area contributed by atoms with Gasteiger partial charge in [-0.3, -0.25) is 0 Å². The van der Waals surface area contributed by atoms with Gasteiger partial charge in [-0.1, -0.05) is 191 Å². The molecule has 4 aliphatic carbocycles. The molecule has 10 aromatic carbocycles. The molecule has 1 nitrogen and oxygen atoms in total. The van der Waals surface area contributed by atoms with E-state index in [2.05, 4.69) is 245 Å².